The van der Waals surface area contributed by atoms with E-state index in [0.717, 1.165) is 12.3 Å². The van der Waals surface area contributed by atoms with E-state index >= 15 is 0 Å². The molecular formula is C11H6ClF3N2O2S. The molecule has 4 nitrogen and oxygen atoms in total. The van der Waals surface area contributed by atoms with Gasteiger partial charge in [0.2, 0.25) is 0 Å². The highest BCUT2D eigenvalue weighted by molar-refractivity contribution is 7.17. The van der Waals surface area contributed by atoms with Crippen molar-refractivity contribution in [3.8, 4) is 0 Å². The van der Waals surface area contributed by atoms with Gasteiger partial charge in [-0.05, 0) is 12.1 Å². The minimum Gasteiger partial charge on any atom is -0.477 e. The lowest BCUT2D eigenvalue weighted by molar-refractivity contribution is -0.136. The summed E-state index contributed by atoms with van der Waals surface area (Å²) in [5.41, 5.74) is -1.30. The van der Waals surface area contributed by atoms with E-state index in [9.17, 15) is 18.0 Å². The summed E-state index contributed by atoms with van der Waals surface area (Å²) in [6, 6.07) is 3.35. The largest absolute Gasteiger partial charge is 0.477 e. The number of hydrogen-bond donors (Lipinski definition) is 2. The molecule has 106 valence electrons. The zero-order valence-corrected chi connectivity index (χ0v) is 11.1. The smallest absolute Gasteiger partial charge is 0.418 e. The third kappa shape index (κ3) is 3.02. The third-order valence-electron chi connectivity index (χ3n) is 2.27. The van der Waals surface area contributed by atoms with Crippen LogP contribution in [-0.4, -0.2) is 16.1 Å². The Morgan fingerprint density at radius 3 is 2.65 bits per heavy atom. The molecule has 9 heteroatoms. The fourth-order valence-electron chi connectivity index (χ4n) is 1.43. The topological polar surface area (TPSA) is 62.2 Å². The van der Waals surface area contributed by atoms with E-state index < -0.39 is 17.7 Å². The van der Waals surface area contributed by atoms with Crippen LogP contribution in [0.5, 0.6) is 0 Å². The van der Waals surface area contributed by atoms with Crippen molar-refractivity contribution in [2.45, 2.75) is 6.18 Å². The van der Waals surface area contributed by atoms with Gasteiger partial charge in [0, 0.05) is 0 Å². The van der Waals surface area contributed by atoms with Crippen LogP contribution >= 0.6 is 22.9 Å². The van der Waals surface area contributed by atoms with Gasteiger partial charge < -0.3 is 10.4 Å². The van der Waals surface area contributed by atoms with Gasteiger partial charge in [-0.15, -0.1) is 0 Å². The molecule has 0 aliphatic carbocycles. The Labute approximate surface area is 119 Å². The quantitative estimate of drug-likeness (QED) is 0.886. The molecular weight excluding hydrogens is 317 g/mol. The minimum atomic E-state index is -4.58. The fraction of sp³-hybridized carbons (Fsp3) is 0.0909. The first-order valence-corrected chi connectivity index (χ1v) is 6.30. The summed E-state index contributed by atoms with van der Waals surface area (Å²) in [7, 11) is 0. The van der Waals surface area contributed by atoms with Crippen LogP contribution in [0.4, 0.5) is 24.0 Å². The summed E-state index contributed by atoms with van der Waals surface area (Å²) in [5, 5.41) is 11.0. The molecule has 1 heterocycles. The zero-order chi connectivity index (χ0) is 14.9. The lowest BCUT2D eigenvalue weighted by Gasteiger charge is -2.14. The van der Waals surface area contributed by atoms with Crippen molar-refractivity contribution < 1.29 is 23.1 Å². The summed E-state index contributed by atoms with van der Waals surface area (Å²) in [4.78, 5) is 14.3. The van der Waals surface area contributed by atoms with Crippen LogP contribution in [0.1, 0.15) is 15.2 Å². The monoisotopic (exact) mass is 322 g/mol. The Balaban J connectivity index is 2.40. The molecule has 2 rings (SSSR count). The molecule has 0 saturated heterocycles. The second kappa shape index (κ2) is 5.29. The van der Waals surface area contributed by atoms with Crippen molar-refractivity contribution in [2.75, 3.05) is 5.32 Å². The standard InChI is InChI=1S/C11H6ClF3N2O2S/c12-6-3-1-2-5(11(13,14)15)8(6)17-10-16-4-7(20-10)9(18)19/h1-4H,(H,16,17)(H,18,19). The molecule has 0 atom stereocenters. The number of hydrogen-bond acceptors (Lipinski definition) is 4. The summed E-state index contributed by atoms with van der Waals surface area (Å²) >= 11 is 6.47. The normalized spacial score (nSPS) is 11.4. The van der Waals surface area contributed by atoms with Crippen LogP contribution < -0.4 is 5.32 Å². The Morgan fingerprint density at radius 1 is 1.40 bits per heavy atom. The van der Waals surface area contributed by atoms with Crippen molar-refractivity contribution >= 4 is 39.7 Å². The molecule has 0 amide bonds. The number of carboxylic acid groups (broad SMARTS) is 1. The van der Waals surface area contributed by atoms with Gasteiger partial charge in [0.25, 0.3) is 0 Å². The Bertz CT molecular complexity index is 657. The van der Waals surface area contributed by atoms with Crippen molar-refractivity contribution in [3.63, 3.8) is 0 Å². The second-order valence-electron chi connectivity index (χ2n) is 3.62. The number of halogens is 4. The molecule has 0 unspecified atom stereocenters. The number of thiazole rings is 1. The number of alkyl halides is 3. The molecule has 1 aromatic carbocycles. The van der Waals surface area contributed by atoms with Crippen LogP contribution in [0.15, 0.2) is 24.4 Å². The minimum absolute atomic E-state index is 0.0148. The highest BCUT2D eigenvalue weighted by Gasteiger charge is 2.34. The first kappa shape index (κ1) is 14.6. The lowest BCUT2D eigenvalue weighted by atomic mass is 10.1. The van der Waals surface area contributed by atoms with E-state index in [1.807, 2.05) is 0 Å². The van der Waals surface area contributed by atoms with E-state index in [-0.39, 0.29) is 20.7 Å². The number of aromatic nitrogens is 1. The second-order valence-corrected chi connectivity index (χ2v) is 5.06. The van der Waals surface area contributed by atoms with Crippen LogP contribution in [0.25, 0.3) is 0 Å². The van der Waals surface area contributed by atoms with E-state index in [1.54, 1.807) is 0 Å². The van der Waals surface area contributed by atoms with E-state index in [0.29, 0.717) is 11.3 Å². The molecule has 0 radical (unpaired) electrons. The van der Waals surface area contributed by atoms with Gasteiger partial charge >= 0.3 is 12.1 Å². The average molecular weight is 323 g/mol. The molecule has 20 heavy (non-hydrogen) atoms. The molecule has 0 aliphatic heterocycles. The van der Waals surface area contributed by atoms with Gasteiger partial charge in [-0.25, -0.2) is 9.78 Å². The van der Waals surface area contributed by atoms with E-state index in [4.69, 9.17) is 16.7 Å². The number of carbonyl (C=O) groups is 1. The van der Waals surface area contributed by atoms with Gasteiger partial charge in [-0.2, -0.15) is 13.2 Å². The van der Waals surface area contributed by atoms with E-state index in [1.165, 1.54) is 12.1 Å². The molecule has 0 saturated carbocycles. The van der Waals surface area contributed by atoms with Crippen LogP contribution in [0.3, 0.4) is 0 Å². The summed E-state index contributed by atoms with van der Waals surface area (Å²) in [6.07, 6.45) is -3.53. The number of aromatic carboxylic acids is 1. The fourth-order valence-corrected chi connectivity index (χ4v) is 2.31. The maximum Gasteiger partial charge on any atom is 0.418 e. The number of nitrogens with one attached hydrogen (secondary N) is 1. The molecule has 0 aliphatic rings. The number of nitrogens with zero attached hydrogens (tertiary/aromatic N) is 1. The lowest BCUT2D eigenvalue weighted by Crippen LogP contribution is -2.09. The first-order chi connectivity index (χ1) is 9.29. The van der Waals surface area contributed by atoms with Crippen LogP contribution in [0.2, 0.25) is 5.02 Å². The predicted octanol–water partition coefficient (Wildman–Crippen LogP) is 4.26. The van der Waals surface area contributed by atoms with Gasteiger partial charge in [-0.3, -0.25) is 0 Å². The maximum atomic E-state index is 12.9. The number of carboxylic acids is 1. The first-order valence-electron chi connectivity index (χ1n) is 5.11. The van der Waals surface area contributed by atoms with Gasteiger partial charge in [0.1, 0.15) is 4.88 Å². The molecule has 0 spiro atoms. The highest BCUT2D eigenvalue weighted by Crippen LogP contribution is 2.40. The summed E-state index contributed by atoms with van der Waals surface area (Å²) in [5.74, 6) is -1.20. The number of para-hydroxylation sites is 1. The Kier molecular flexibility index (Phi) is 3.87. The molecule has 2 N–H and O–H groups in total. The van der Waals surface area contributed by atoms with Crippen LogP contribution in [-0.2, 0) is 6.18 Å². The van der Waals surface area contributed by atoms with Gasteiger partial charge in [0.15, 0.2) is 5.13 Å². The van der Waals surface area contributed by atoms with Crippen molar-refractivity contribution in [2.24, 2.45) is 0 Å². The third-order valence-corrected chi connectivity index (χ3v) is 3.48. The number of anilines is 2. The van der Waals surface area contributed by atoms with E-state index in [2.05, 4.69) is 10.3 Å². The highest BCUT2D eigenvalue weighted by atomic mass is 35.5. The molecule has 2 aromatic rings. The predicted molar refractivity (Wildman–Crippen MR) is 68.8 cm³/mol. The van der Waals surface area contributed by atoms with Gasteiger partial charge in [-0.1, -0.05) is 29.0 Å². The Hall–Kier alpha value is -1.80. The van der Waals surface area contributed by atoms with Crippen molar-refractivity contribution in [1.82, 2.24) is 4.98 Å². The maximum absolute atomic E-state index is 12.9. The SMILES string of the molecule is O=C(O)c1cnc(Nc2c(Cl)cccc2C(F)(F)F)s1. The summed E-state index contributed by atoms with van der Waals surface area (Å²) in [6.45, 7) is 0. The molecule has 0 bridgehead atoms. The zero-order valence-electron chi connectivity index (χ0n) is 9.53. The number of rotatable bonds is 3. The average Bonchev–Trinajstić information content (AvgIpc) is 2.79. The van der Waals surface area contributed by atoms with Crippen molar-refractivity contribution in [1.29, 1.82) is 0 Å². The van der Waals surface area contributed by atoms with Gasteiger partial charge in [0.05, 0.1) is 22.5 Å². The van der Waals surface area contributed by atoms with Crippen molar-refractivity contribution in [3.05, 3.63) is 39.9 Å². The number of benzene rings is 1. The Morgan fingerprint density at radius 2 is 2.10 bits per heavy atom. The molecule has 1 aromatic heterocycles. The van der Waals surface area contributed by atoms with Crippen LogP contribution in [0, 0.1) is 0 Å². The summed E-state index contributed by atoms with van der Waals surface area (Å²) < 4.78 is 38.6. The molecule has 0 fully saturated rings.